The maximum absolute atomic E-state index is 13.6. The summed E-state index contributed by atoms with van der Waals surface area (Å²) in [5, 5.41) is 5.52. The van der Waals surface area contributed by atoms with E-state index in [0.717, 1.165) is 33.0 Å². The molecule has 0 aromatic carbocycles. The van der Waals surface area contributed by atoms with Crippen molar-refractivity contribution in [1.82, 2.24) is 19.8 Å². The molecular weight excluding hydrogens is 605 g/mol. The summed E-state index contributed by atoms with van der Waals surface area (Å²) in [7, 11) is 5.18. The molecule has 1 unspecified atom stereocenters. The molecule has 1 aromatic rings. The molecule has 0 spiro atoms. The minimum absolute atomic E-state index is 0.0680. The lowest BCUT2D eigenvalue weighted by molar-refractivity contribution is -0.179. The number of Topliss-reactive ketones (excluding diaryl/α,β-unsaturated/α-hetero) is 1. The lowest BCUT2D eigenvalue weighted by Crippen LogP contribution is -2.66. The van der Waals surface area contributed by atoms with E-state index in [1.54, 1.807) is 20.8 Å². The molecule has 3 aliphatic heterocycles. The number of nitrogens with zero attached hydrogens (tertiary/aromatic N) is 5. The number of aromatic nitrogens is 1. The third-order valence-corrected chi connectivity index (χ3v) is 9.16. The van der Waals surface area contributed by atoms with Crippen molar-refractivity contribution in [2.24, 2.45) is 16.9 Å². The Morgan fingerprint density at radius 3 is 2.42 bits per heavy atom. The van der Waals surface area contributed by atoms with Gasteiger partial charge in [-0.05, 0) is 34.6 Å². The van der Waals surface area contributed by atoms with Crippen LogP contribution in [0.4, 0.5) is 5.13 Å². The predicted octanol–water partition coefficient (Wildman–Crippen LogP) is -1.08. The number of nitrogens with two attached hydrogens (primary N) is 2. The van der Waals surface area contributed by atoms with Crippen LogP contribution in [0.15, 0.2) is 10.5 Å². The molecule has 3 fully saturated rings. The Kier molecular flexibility index (Phi) is 8.56. The number of hydrazine groups is 1. The summed E-state index contributed by atoms with van der Waals surface area (Å²) in [6, 6.07) is 0. The maximum atomic E-state index is 13.6. The van der Waals surface area contributed by atoms with Crippen LogP contribution >= 0.6 is 23.1 Å². The van der Waals surface area contributed by atoms with Gasteiger partial charge < -0.3 is 29.8 Å². The normalized spacial score (nSPS) is 24.5. The zero-order valence-corrected chi connectivity index (χ0v) is 25.7. The van der Waals surface area contributed by atoms with E-state index in [0.29, 0.717) is 0 Å². The first-order valence-electron chi connectivity index (χ1n) is 12.9. The number of thioether (sulfide) groups is 1. The van der Waals surface area contributed by atoms with Gasteiger partial charge in [0.25, 0.3) is 0 Å². The van der Waals surface area contributed by atoms with Crippen LogP contribution in [-0.2, 0) is 43.0 Å². The number of amides is 3. The first-order chi connectivity index (χ1) is 19.9. The lowest BCUT2D eigenvalue weighted by Gasteiger charge is -2.41. The highest BCUT2D eigenvalue weighted by Crippen LogP contribution is 2.52. The highest BCUT2D eigenvalue weighted by molar-refractivity contribution is 8.02. The van der Waals surface area contributed by atoms with Crippen LogP contribution < -0.4 is 11.6 Å². The van der Waals surface area contributed by atoms with Crippen molar-refractivity contribution in [3.05, 3.63) is 11.1 Å². The fourth-order valence-corrected chi connectivity index (χ4v) is 6.84. The molecule has 2 radical (unpaired) electrons. The number of thiazole rings is 1. The van der Waals surface area contributed by atoms with Gasteiger partial charge in [-0.1, -0.05) is 16.9 Å². The van der Waals surface area contributed by atoms with Crippen molar-refractivity contribution in [3.8, 4) is 0 Å². The van der Waals surface area contributed by atoms with E-state index in [1.807, 2.05) is 0 Å². The Labute approximate surface area is 255 Å². The van der Waals surface area contributed by atoms with Crippen LogP contribution in [0.1, 0.15) is 46.7 Å². The molecule has 3 atom stereocenters. The van der Waals surface area contributed by atoms with Crippen molar-refractivity contribution in [1.29, 1.82) is 0 Å². The van der Waals surface area contributed by atoms with E-state index in [9.17, 15) is 28.8 Å². The second-order valence-electron chi connectivity index (χ2n) is 11.5. The fraction of sp³-hybridized carbons (Fsp3) is 0.583. The molecular formula is C24H30BN7O9S2. The molecule has 230 valence electrons. The molecule has 4 rings (SSSR count). The molecule has 16 nitrogen and oxygen atoms in total. The quantitative estimate of drug-likeness (QED) is 0.0483. The average Bonchev–Trinajstić information content (AvgIpc) is 3.51. The zero-order valence-electron chi connectivity index (χ0n) is 24.0. The highest BCUT2D eigenvalue weighted by atomic mass is 32.2. The number of anilines is 1. The van der Waals surface area contributed by atoms with Crippen molar-refractivity contribution in [2.45, 2.75) is 62.5 Å². The number of esters is 1. The molecule has 3 amide bonds. The molecule has 0 aliphatic carbocycles. The van der Waals surface area contributed by atoms with Gasteiger partial charge >= 0.3 is 31.8 Å². The van der Waals surface area contributed by atoms with Gasteiger partial charge in [-0.3, -0.25) is 29.0 Å². The summed E-state index contributed by atoms with van der Waals surface area (Å²) >= 11 is 1.91. The van der Waals surface area contributed by atoms with Gasteiger partial charge in [0, 0.05) is 18.3 Å². The number of carbonyl (C=O) groups is 6. The third kappa shape index (κ3) is 6.05. The van der Waals surface area contributed by atoms with E-state index in [-0.39, 0.29) is 36.2 Å². The number of rotatable bonds is 9. The van der Waals surface area contributed by atoms with Gasteiger partial charge in [-0.25, -0.2) is 15.6 Å². The second kappa shape index (κ2) is 11.4. The molecule has 1 aromatic heterocycles. The van der Waals surface area contributed by atoms with Crippen molar-refractivity contribution < 1.29 is 43.0 Å². The smallest absolute Gasteiger partial charge is 0.378 e. The van der Waals surface area contributed by atoms with Crippen LogP contribution in [0.5, 0.6) is 0 Å². The number of fused-ring (bicyclic) bond motifs is 1. The summed E-state index contributed by atoms with van der Waals surface area (Å²) in [6.45, 7) is 7.38. The number of oxime groups is 1. The van der Waals surface area contributed by atoms with Crippen LogP contribution in [0, 0.1) is 5.92 Å². The molecule has 43 heavy (non-hydrogen) atoms. The zero-order chi connectivity index (χ0) is 32.1. The summed E-state index contributed by atoms with van der Waals surface area (Å²) in [4.78, 5) is 87.4. The first-order valence-corrected chi connectivity index (χ1v) is 14.7. The highest BCUT2D eigenvalue weighted by Gasteiger charge is 2.66. The largest absolute Gasteiger partial charge is 0.541 e. The Morgan fingerprint density at radius 2 is 1.84 bits per heavy atom. The summed E-state index contributed by atoms with van der Waals surface area (Å²) in [5.74, 6) is -0.429. The van der Waals surface area contributed by atoms with Crippen molar-refractivity contribution >= 4 is 77.4 Å². The van der Waals surface area contributed by atoms with Crippen LogP contribution in [0.2, 0.25) is 0 Å². The minimum atomic E-state index is -1.83. The van der Waals surface area contributed by atoms with Gasteiger partial charge in [0.2, 0.25) is 16.4 Å². The van der Waals surface area contributed by atoms with Gasteiger partial charge in [0.15, 0.2) is 16.6 Å². The standard InChI is InChI=1S/C24H30BN7O9S2/c1-22(2,3)39-19(37)23(4,5)41-29-14(12-9-42-21(26)28-12)13(33)8-11-15(34)30-10-24(20(38)40-25,43-18(11)30)31-6-7-32(27)17(36)16(31)35/h9,11,18H,6-8,10,27H2,1-5H3,(H2,26,28)/b29-14-/t11?,18-,24-/m1/s1. The van der Waals surface area contributed by atoms with E-state index in [4.69, 9.17) is 29.2 Å². The number of ether oxygens (including phenoxy) is 1. The Bertz CT molecular complexity index is 1410. The minimum Gasteiger partial charge on any atom is -0.541 e. The SMILES string of the molecule is [B]OC(=O)[C@@]1(N2CCN(N)C(=O)C2=O)CN2C(=O)C(CC(=O)/C(=N\OC(C)(C)C(=O)OC(C)(C)C)c3csc(N)n3)[C@H]2S1. The first kappa shape index (κ1) is 32.2. The molecule has 4 N–H and O–H groups in total. The molecule has 0 saturated carbocycles. The number of nitrogen functional groups attached to an aromatic ring is 1. The average molecular weight is 635 g/mol. The lowest BCUT2D eigenvalue weighted by atomic mass is 9.90. The third-order valence-electron chi connectivity index (χ3n) is 6.76. The molecule has 3 aliphatic rings. The van der Waals surface area contributed by atoms with E-state index >= 15 is 0 Å². The van der Waals surface area contributed by atoms with E-state index in [2.05, 4.69) is 14.8 Å². The van der Waals surface area contributed by atoms with E-state index < -0.39 is 69.2 Å². The predicted molar refractivity (Wildman–Crippen MR) is 152 cm³/mol. The molecule has 19 heteroatoms. The van der Waals surface area contributed by atoms with Crippen molar-refractivity contribution in [2.75, 3.05) is 25.4 Å². The Morgan fingerprint density at radius 1 is 1.16 bits per heavy atom. The number of β-lactam (4-membered cyclic amide) rings is 1. The molecule has 4 heterocycles. The van der Waals surface area contributed by atoms with Gasteiger partial charge in [-0.15, -0.1) is 11.3 Å². The topological polar surface area (TPSA) is 217 Å². The number of hydrogen-bond acceptors (Lipinski definition) is 15. The van der Waals surface area contributed by atoms with Crippen molar-refractivity contribution in [3.63, 3.8) is 0 Å². The van der Waals surface area contributed by atoms with E-state index in [1.165, 1.54) is 24.1 Å². The van der Waals surface area contributed by atoms with Gasteiger partial charge in [0.05, 0.1) is 24.4 Å². The summed E-state index contributed by atoms with van der Waals surface area (Å²) in [6.07, 6.45) is -0.392. The number of ketones is 1. The summed E-state index contributed by atoms with van der Waals surface area (Å²) < 4.78 is 9.85. The van der Waals surface area contributed by atoms with Crippen LogP contribution in [0.25, 0.3) is 0 Å². The van der Waals surface area contributed by atoms with Gasteiger partial charge in [-0.2, -0.15) is 0 Å². The second-order valence-corrected chi connectivity index (χ2v) is 13.8. The Hall–Kier alpha value is -3.71. The maximum Gasteiger partial charge on any atom is 0.378 e. The monoisotopic (exact) mass is 635 g/mol. The number of hydrogen-bond donors (Lipinski definition) is 2. The fourth-order valence-electron chi connectivity index (χ4n) is 4.55. The molecule has 3 saturated heterocycles. The van der Waals surface area contributed by atoms with Gasteiger partial charge in [0.1, 0.15) is 11.3 Å². The molecule has 0 bridgehead atoms. The number of carbonyl (C=O) groups excluding carboxylic acids is 6. The van der Waals surface area contributed by atoms with Crippen LogP contribution in [-0.4, -0.2) is 110 Å². The Balaban J connectivity index is 1.57. The number of piperazine rings is 1. The van der Waals surface area contributed by atoms with Crippen LogP contribution in [0.3, 0.4) is 0 Å². The summed E-state index contributed by atoms with van der Waals surface area (Å²) in [5.41, 5.74) is 3.15.